The van der Waals surface area contributed by atoms with Gasteiger partial charge in [-0.05, 0) is 64.7 Å². The Balaban J connectivity index is 1.78. The van der Waals surface area contributed by atoms with E-state index in [1.165, 1.54) is 23.5 Å². The van der Waals surface area contributed by atoms with Crippen molar-refractivity contribution in [3.05, 3.63) is 81.0 Å². The SMILES string of the molecule is C#CCNS(=O)(=O)c1ccc(CCN(Cc2cc(Cl)ccc2OCC#C)C(=O)Cc2ccsc2)cc1. The summed E-state index contributed by atoms with van der Waals surface area (Å²) in [4.78, 5) is 15.1. The second kappa shape index (κ2) is 13.2. The fourth-order valence-electron chi connectivity index (χ4n) is 3.43. The van der Waals surface area contributed by atoms with Crippen molar-refractivity contribution in [1.82, 2.24) is 9.62 Å². The minimum atomic E-state index is -3.67. The van der Waals surface area contributed by atoms with Gasteiger partial charge in [0.1, 0.15) is 12.4 Å². The molecule has 6 nitrogen and oxygen atoms in total. The normalized spacial score (nSPS) is 10.9. The van der Waals surface area contributed by atoms with Crippen LogP contribution >= 0.6 is 22.9 Å². The predicted octanol–water partition coefficient (Wildman–Crippen LogP) is 4.14. The Morgan fingerprint density at radius 2 is 1.86 bits per heavy atom. The van der Waals surface area contributed by atoms with Crippen molar-refractivity contribution in [2.45, 2.75) is 24.3 Å². The highest BCUT2D eigenvalue weighted by atomic mass is 35.5. The molecule has 0 atom stereocenters. The molecule has 186 valence electrons. The summed E-state index contributed by atoms with van der Waals surface area (Å²) >= 11 is 7.76. The molecule has 0 saturated carbocycles. The maximum Gasteiger partial charge on any atom is 0.241 e. The monoisotopic (exact) mass is 540 g/mol. The van der Waals surface area contributed by atoms with Gasteiger partial charge in [0, 0.05) is 23.7 Å². The molecule has 0 spiro atoms. The molecule has 1 amide bonds. The van der Waals surface area contributed by atoms with Crippen LogP contribution in [0, 0.1) is 24.7 Å². The van der Waals surface area contributed by atoms with E-state index < -0.39 is 10.0 Å². The largest absolute Gasteiger partial charge is 0.481 e. The van der Waals surface area contributed by atoms with Crippen molar-refractivity contribution in [3.63, 3.8) is 0 Å². The number of nitrogens with zero attached hydrogens (tertiary/aromatic N) is 1. The topological polar surface area (TPSA) is 75.7 Å². The van der Waals surface area contributed by atoms with Gasteiger partial charge in [-0.15, -0.1) is 12.8 Å². The Hall–Kier alpha value is -3.27. The highest BCUT2D eigenvalue weighted by molar-refractivity contribution is 7.89. The van der Waals surface area contributed by atoms with Gasteiger partial charge in [-0.1, -0.05) is 35.6 Å². The number of carbonyl (C=O) groups excluding carboxylic acids is 1. The maximum atomic E-state index is 13.3. The van der Waals surface area contributed by atoms with Gasteiger partial charge in [0.05, 0.1) is 17.9 Å². The molecule has 0 aliphatic carbocycles. The Morgan fingerprint density at radius 1 is 1.08 bits per heavy atom. The number of hydrogen-bond acceptors (Lipinski definition) is 5. The average Bonchev–Trinajstić information content (AvgIpc) is 3.38. The number of hydrogen-bond donors (Lipinski definition) is 1. The number of amides is 1. The fourth-order valence-corrected chi connectivity index (χ4v) is 5.23. The highest BCUT2D eigenvalue weighted by Crippen LogP contribution is 2.25. The Morgan fingerprint density at radius 3 is 2.53 bits per heavy atom. The van der Waals surface area contributed by atoms with Crippen LogP contribution in [-0.4, -0.2) is 38.9 Å². The lowest BCUT2D eigenvalue weighted by molar-refractivity contribution is -0.131. The van der Waals surface area contributed by atoms with Crippen molar-refractivity contribution in [3.8, 4) is 30.4 Å². The molecule has 9 heteroatoms. The molecule has 0 saturated heterocycles. The number of ether oxygens (including phenoxy) is 1. The third kappa shape index (κ3) is 7.87. The third-order valence-corrected chi connectivity index (χ3v) is 7.64. The number of terminal acetylenes is 2. The Labute approximate surface area is 221 Å². The molecule has 2 aromatic carbocycles. The molecule has 3 aromatic rings. The number of rotatable bonds is 12. The van der Waals surface area contributed by atoms with Gasteiger partial charge in [0.25, 0.3) is 0 Å². The van der Waals surface area contributed by atoms with Crippen LogP contribution in [0.15, 0.2) is 64.2 Å². The maximum absolute atomic E-state index is 13.3. The van der Waals surface area contributed by atoms with Gasteiger partial charge in [0.2, 0.25) is 15.9 Å². The number of thiophene rings is 1. The molecule has 0 aliphatic rings. The lowest BCUT2D eigenvalue weighted by Gasteiger charge is -2.24. The van der Waals surface area contributed by atoms with Crippen LogP contribution in [0.25, 0.3) is 0 Å². The Bertz CT molecular complexity index is 1360. The van der Waals surface area contributed by atoms with E-state index in [4.69, 9.17) is 29.2 Å². The zero-order valence-corrected chi connectivity index (χ0v) is 21.8. The molecule has 0 bridgehead atoms. The molecule has 0 radical (unpaired) electrons. The molecule has 1 N–H and O–H groups in total. The van der Waals surface area contributed by atoms with E-state index in [0.717, 1.165) is 16.7 Å². The van der Waals surface area contributed by atoms with E-state index in [1.807, 2.05) is 16.8 Å². The van der Waals surface area contributed by atoms with Crippen LogP contribution in [0.4, 0.5) is 0 Å². The van der Waals surface area contributed by atoms with Crippen molar-refractivity contribution in [1.29, 1.82) is 0 Å². The lowest BCUT2D eigenvalue weighted by atomic mass is 10.1. The van der Waals surface area contributed by atoms with E-state index in [0.29, 0.717) is 23.7 Å². The summed E-state index contributed by atoms with van der Waals surface area (Å²) < 4.78 is 32.5. The minimum Gasteiger partial charge on any atom is -0.481 e. The second-order valence-corrected chi connectivity index (χ2v) is 10.8. The van der Waals surface area contributed by atoms with Crippen molar-refractivity contribution in [2.75, 3.05) is 19.7 Å². The minimum absolute atomic E-state index is 0.0473. The summed E-state index contributed by atoms with van der Waals surface area (Å²) in [7, 11) is -3.67. The molecular formula is C27H25ClN2O4S2. The number of carbonyl (C=O) groups is 1. The summed E-state index contributed by atoms with van der Waals surface area (Å²) in [5.41, 5.74) is 2.57. The highest BCUT2D eigenvalue weighted by Gasteiger charge is 2.18. The quantitative estimate of drug-likeness (QED) is 0.350. The molecular weight excluding hydrogens is 516 g/mol. The van der Waals surface area contributed by atoms with Crippen LogP contribution in [0.5, 0.6) is 5.75 Å². The number of sulfonamides is 1. The molecule has 0 fully saturated rings. The van der Waals surface area contributed by atoms with Gasteiger partial charge < -0.3 is 9.64 Å². The van der Waals surface area contributed by atoms with Crippen LogP contribution in [0.2, 0.25) is 5.02 Å². The first-order valence-corrected chi connectivity index (χ1v) is 13.8. The van der Waals surface area contributed by atoms with Crippen molar-refractivity contribution >= 4 is 38.9 Å². The molecule has 1 heterocycles. The second-order valence-electron chi connectivity index (χ2n) is 7.79. The summed E-state index contributed by atoms with van der Waals surface area (Å²) in [5, 5.41) is 4.41. The summed E-state index contributed by atoms with van der Waals surface area (Å²) in [6.07, 6.45) is 11.3. The van der Waals surface area contributed by atoms with Gasteiger partial charge in [-0.3, -0.25) is 4.79 Å². The fraction of sp³-hybridized carbons (Fsp3) is 0.222. The zero-order valence-electron chi connectivity index (χ0n) is 19.4. The number of nitrogens with one attached hydrogen (secondary N) is 1. The summed E-state index contributed by atoms with van der Waals surface area (Å²) in [6.45, 7) is 0.710. The molecule has 36 heavy (non-hydrogen) atoms. The standard InChI is InChI=1S/C27H25ClN2O4S2/c1-3-13-29-36(32,33)25-8-5-21(6-9-25)11-14-30(27(31)17-22-12-16-35-20-22)19-23-18-24(28)7-10-26(23)34-15-4-2/h1-2,5-10,12,16,18,20,29H,11,13-15,17,19H2. The van der Waals surface area contributed by atoms with E-state index in [1.54, 1.807) is 35.2 Å². The number of halogens is 1. The van der Waals surface area contributed by atoms with Crippen molar-refractivity contribution in [2.24, 2.45) is 0 Å². The molecule has 0 unspecified atom stereocenters. The van der Waals surface area contributed by atoms with Crippen molar-refractivity contribution < 1.29 is 17.9 Å². The molecule has 3 rings (SSSR count). The van der Waals surface area contributed by atoms with E-state index in [2.05, 4.69) is 16.6 Å². The van der Waals surface area contributed by atoms with Crippen LogP contribution < -0.4 is 9.46 Å². The van der Waals surface area contributed by atoms with Crippen LogP contribution in [0.1, 0.15) is 16.7 Å². The zero-order chi connectivity index (χ0) is 26.0. The van der Waals surface area contributed by atoms with Crippen LogP contribution in [-0.2, 0) is 34.2 Å². The number of benzene rings is 2. The van der Waals surface area contributed by atoms with E-state index in [-0.39, 0.29) is 36.9 Å². The third-order valence-electron chi connectivity index (χ3n) is 5.25. The van der Waals surface area contributed by atoms with Gasteiger partial charge in [0.15, 0.2) is 0 Å². The predicted molar refractivity (Wildman–Crippen MR) is 143 cm³/mol. The molecule has 0 aliphatic heterocycles. The first kappa shape index (κ1) is 27.3. The first-order valence-electron chi connectivity index (χ1n) is 11.0. The smallest absolute Gasteiger partial charge is 0.241 e. The van der Waals surface area contributed by atoms with Gasteiger partial charge in [-0.2, -0.15) is 16.1 Å². The van der Waals surface area contributed by atoms with E-state index in [9.17, 15) is 13.2 Å². The van der Waals surface area contributed by atoms with Crippen LogP contribution in [0.3, 0.4) is 0 Å². The lowest BCUT2D eigenvalue weighted by Crippen LogP contribution is -2.33. The average molecular weight is 541 g/mol. The summed E-state index contributed by atoms with van der Waals surface area (Å²) in [6, 6.07) is 13.6. The Kier molecular flexibility index (Phi) is 9.98. The van der Waals surface area contributed by atoms with Gasteiger partial charge in [-0.25, -0.2) is 8.42 Å². The summed E-state index contributed by atoms with van der Waals surface area (Å²) in [5.74, 6) is 5.22. The first-order chi connectivity index (χ1) is 17.3. The molecule has 1 aromatic heterocycles. The van der Waals surface area contributed by atoms with E-state index >= 15 is 0 Å². The van der Waals surface area contributed by atoms with Gasteiger partial charge >= 0.3 is 0 Å².